The van der Waals surface area contributed by atoms with Gasteiger partial charge in [0.2, 0.25) is 0 Å². The Morgan fingerprint density at radius 1 is 0.439 bits per heavy atom. The maximum Gasteiger partial charge on any atom is 0.419 e. The van der Waals surface area contributed by atoms with Gasteiger partial charge in [-0.2, -0.15) is 57.9 Å². The zero-order chi connectivity index (χ0) is 50.2. The minimum absolute atomic E-state index is 0.285. The summed E-state index contributed by atoms with van der Waals surface area (Å²) in [5.41, 5.74) is 4.56. The minimum atomic E-state index is -4.51. The fraction of sp³-hybridized carbons (Fsp3) is 0.184. The van der Waals surface area contributed by atoms with Gasteiger partial charge >= 0.3 is 12.4 Å². The van der Waals surface area contributed by atoms with E-state index in [1.807, 2.05) is 88.4 Å². The van der Waals surface area contributed by atoms with Gasteiger partial charge in [0.15, 0.2) is 11.4 Å². The van der Waals surface area contributed by atoms with Crippen LogP contribution in [0.2, 0.25) is 10.0 Å². The van der Waals surface area contributed by atoms with E-state index in [-0.39, 0.29) is 11.3 Å². The van der Waals surface area contributed by atoms with Crippen LogP contribution in [-0.2, 0) is 12.4 Å². The lowest BCUT2D eigenvalue weighted by molar-refractivity contribution is -0.138. The normalized spacial score (nSPS) is 9.65. The van der Waals surface area contributed by atoms with Crippen LogP contribution in [0.3, 0.4) is 0 Å². The average Bonchev–Trinajstić information content (AvgIpc) is 3.27. The first-order valence-electron chi connectivity index (χ1n) is 18.7. The van der Waals surface area contributed by atoms with Crippen LogP contribution >= 0.6 is 23.2 Å². The SMILES string of the molecule is COc1cc(C)ccc1C#N.Cc1ccc(C#N)c(C(F)(F)F)c1.Cc1ccc(C#N)c(Cl)c1.Cc1ccc(C#N)cc1.Cc1cnc(C#N)c(C(F)(F)F)c1.Cc1cnc(C#N)c(Cl)c1. The van der Waals surface area contributed by atoms with E-state index in [0.717, 1.165) is 34.4 Å². The van der Waals surface area contributed by atoms with Gasteiger partial charge in [-0.3, -0.25) is 0 Å². The number of nitrogens with zero attached hydrogens (tertiary/aromatic N) is 8. The smallest absolute Gasteiger partial charge is 0.419 e. The predicted molar refractivity (Wildman–Crippen MR) is 238 cm³/mol. The second-order valence-corrected chi connectivity index (χ2v) is 14.3. The van der Waals surface area contributed by atoms with Gasteiger partial charge in [-0.15, -0.1) is 0 Å². The van der Waals surface area contributed by atoms with Crippen LogP contribution in [0.1, 0.15) is 78.1 Å². The molecule has 0 N–H and O–H groups in total. The van der Waals surface area contributed by atoms with Crippen molar-refractivity contribution in [3.8, 4) is 42.2 Å². The standard InChI is InChI=1S/C9H6F3N.C9H9NO.C8H6ClN.C8H5F3N2.C8H7N.C7H5ClN2/c1-6-2-3-7(5-13)8(4-6)9(10,11)12;1-7-3-4-8(6-10)9(5-7)11-2;1-6-2-3-7(5-10)8(9)4-6;1-5-2-6(8(9,10)11)7(3-12)13-4-5;1-7-2-4-8(6-9)5-3-7;1-5-2-6(8)7(3-9)10-4-5/h2-4H,1H3;3-5H,1-2H3;2-4H,1H3;2,4H,1H3;2-5H,1H3;2,4H,1H3. The topological polar surface area (TPSA) is 178 Å². The van der Waals surface area contributed by atoms with Gasteiger partial charge in [0.25, 0.3) is 0 Å². The van der Waals surface area contributed by atoms with E-state index < -0.39 is 29.2 Å². The second-order valence-electron chi connectivity index (χ2n) is 13.5. The molecule has 2 heterocycles. The van der Waals surface area contributed by atoms with E-state index in [1.54, 1.807) is 44.5 Å². The number of ether oxygens (including phenoxy) is 1. The highest BCUT2D eigenvalue weighted by molar-refractivity contribution is 6.32. The lowest BCUT2D eigenvalue weighted by Gasteiger charge is -2.08. The summed E-state index contributed by atoms with van der Waals surface area (Å²) in [6.45, 7) is 10.8. The highest BCUT2D eigenvalue weighted by Crippen LogP contribution is 2.33. The molecule has 0 unspecified atom stereocenters. The summed E-state index contributed by atoms with van der Waals surface area (Å²) in [5, 5.41) is 51.6. The number of rotatable bonds is 1. The molecule has 336 valence electrons. The number of halogens is 8. The van der Waals surface area contributed by atoms with Crippen molar-refractivity contribution in [1.82, 2.24) is 9.97 Å². The Morgan fingerprint density at radius 3 is 1.29 bits per heavy atom. The molecule has 0 fully saturated rings. The maximum absolute atomic E-state index is 12.3. The first kappa shape index (κ1) is 56.1. The molecule has 0 aliphatic rings. The number of hydrogen-bond donors (Lipinski definition) is 0. The number of hydrogen-bond acceptors (Lipinski definition) is 9. The van der Waals surface area contributed by atoms with Crippen LogP contribution in [0, 0.1) is 110 Å². The molecular formula is C49H38Cl2F6N8O. The van der Waals surface area contributed by atoms with Gasteiger partial charge in [-0.05, 0) is 124 Å². The number of benzene rings is 4. The molecule has 0 amide bonds. The predicted octanol–water partition coefficient (Wildman–Crippen LogP) is 13.3. The van der Waals surface area contributed by atoms with Gasteiger partial charge in [0.05, 0.1) is 62.7 Å². The molecule has 9 nitrogen and oxygen atoms in total. The molecule has 0 bridgehead atoms. The molecule has 0 atom stereocenters. The number of pyridine rings is 2. The van der Waals surface area contributed by atoms with Crippen LogP contribution in [-0.4, -0.2) is 17.1 Å². The molecule has 0 saturated carbocycles. The Balaban J connectivity index is 0.000000398. The first-order valence-corrected chi connectivity index (χ1v) is 19.5. The van der Waals surface area contributed by atoms with Crippen molar-refractivity contribution < 1.29 is 31.1 Å². The largest absolute Gasteiger partial charge is 0.495 e. The molecule has 0 radical (unpaired) electrons. The van der Waals surface area contributed by atoms with Gasteiger partial charge in [-0.25, -0.2) is 9.97 Å². The highest BCUT2D eigenvalue weighted by atomic mass is 35.5. The number of aryl methyl sites for hydroxylation is 6. The first-order chi connectivity index (χ1) is 31.0. The summed E-state index contributed by atoms with van der Waals surface area (Å²) < 4.78 is 78.5. The molecule has 66 heavy (non-hydrogen) atoms. The summed E-state index contributed by atoms with van der Waals surface area (Å²) in [6, 6.07) is 35.5. The lowest BCUT2D eigenvalue weighted by Crippen LogP contribution is -2.09. The number of alkyl halides is 6. The van der Waals surface area contributed by atoms with E-state index >= 15 is 0 Å². The van der Waals surface area contributed by atoms with Crippen LogP contribution in [0.4, 0.5) is 26.3 Å². The van der Waals surface area contributed by atoms with E-state index in [0.29, 0.717) is 38.0 Å². The molecule has 6 aromatic rings. The Labute approximate surface area is 389 Å². The maximum atomic E-state index is 12.3. The summed E-state index contributed by atoms with van der Waals surface area (Å²) in [5.74, 6) is 0.646. The summed E-state index contributed by atoms with van der Waals surface area (Å²) in [4.78, 5) is 7.19. The minimum Gasteiger partial charge on any atom is -0.495 e. The molecule has 0 saturated heterocycles. The molecular weight excluding hydrogens is 901 g/mol. The van der Waals surface area contributed by atoms with Crippen molar-refractivity contribution in [2.45, 2.75) is 53.9 Å². The van der Waals surface area contributed by atoms with Gasteiger partial charge in [0, 0.05) is 12.4 Å². The Kier molecular flexibility index (Phi) is 23.2. The Bertz CT molecular complexity index is 2710. The van der Waals surface area contributed by atoms with Crippen molar-refractivity contribution in [2.24, 2.45) is 0 Å². The Hall–Kier alpha value is -7.92. The summed E-state index contributed by atoms with van der Waals surface area (Å²) >= 11 is 11.4. The monoisotopic (exact) mass is 938 g/mol. The third-order valence-corrected chi connectivity index (χ3v) is 8.62. The van der Waals surface area contributed by atoms with E-state index in [2.05, 4.69) is 16.0 Å². The van der Waals surface area contributed by atoms with Crippen molar-refractivity contribution >= 4 is 23.2 Å². The molecule has 0 spiro atoms. The zero-order valence-corrected chi connectivity index (χ0v) is 37.8. The zero-order valence-electron chi connectivity index (χ0n) is 36.3. The van der Waals surface area contributed by atoms with Crippen molar-refractivity contribution in [3.05, 3.63) is 192 Å². The van der Waals surface area contributed by atoms with Gasteiger partial charge in [0.1, 0.15) is 30.0 Å². The summed E-state index contributed by atoms with van der Waals surface area (Å²) in [7, 11) is 1.57. The number of methoxy groups -OCH3 is 1. The fourth-order valence-corrected chi connectivity index (χ4v) is 5.25. The molecule has 2 aromatic heterocycles. The highest BCUT2D eigenvalue weighted by Gasteiger charge is 2.34. The third-order valence-electron chi connectivity index (χ3n) is 8.02. The molecule has 6 rings (SSSR count). The van der Waals surface area contributed by atoms with Crippen LogP contribution < -0.4 is 4.74 Å². The third kappa shape index (κ3) is 19.6. The summed E-state index contributed by atoms with van der Waals surface area (Å²) in [6.07, 6.45) is -6.11. The van der Waals surface area contributed by atoms with E-state index in [4.69, 9.17) is 59.5 Å². The quantitative estimate of drug-likeness (QED) is 0.145. The van der Waals surface area contributed by atoms with Gasteiger partial charge in [-0.1, -0.05) is 64.7 Å². The second kappa shape index (κ2) is 27.3. The average molecular weight is 940 g/mol. The van der Waals surface area contributed by atoms with Crippen LogP contribution in [0.5, 0.6) is 5.75 Å². The Morgan fingerprint density at radius 2 is 0.848 bits per heavy atom. The molecule has 0 aliphatic carbocycles. The van der Waals surface area contributed by atoms with Crippen molar-refractivity contribution in [2.75, 3.05) is 7.11 Å². The van der Waals surface area contributed by atoms with Crippen molar-refractivity contribution in [3.63, 3.8) is 0 Å². The van der Waals surface area contributed by atoms with Crippen LogP contribution in [0.15, 0.2) is 103 Å². The number of nitriles is 6. The lowest BCUT2D eigenvalue weighted by atomic mass is 10.1. The van der Waals surface area contributed by atoms with Gasteiger partial charge < -0.3 is 4.74 Å². The molecule has 0 aliphatic heterocycles. The van der Waals surface area contributed by atoms with Crippen molar-refractivity contribution in [1.29, 1.82) is 31.6 Å². The van der Waals surface area contributed by atoms with E-state index in [1.165, 1.54) is 43.0 Å². The van der Waals surface area contributed by atoms with Crippen LogP contribution in [0.25, 0.3) is 0 Å². The molecule has 17 heteroatoms. The fourth-order valence-electron chi connectivity index (χ4n) is 4.71. The molecule has 4 aromatic carbocycles. The van der Waals surface area contributed by atoms with E-state index in [9.17, 15) is 26.3 Å². The number of aromatic nitrogens is 2.